The molecule has 1 aliphatic rings. The van der Waals surface area contributed by atoms with Crippen LogP contribution in [0.5, 0.6) is 0 Å². The second-order valence-electron chi connectivity index (χ2n) is 5.63. The number of aromatic nitrogens is 1. The fourth-order valence-electron chi connectivity index (χ4n) is 2.90. The molecule has 0 saturated heterocycles. The summed E-state index contributed by atoms with van der Waals surface area (Å²) in [6.45, 7) is 4.71. The molecule has 0 aromatic carbocycles. The minimum atomic E-state index is 0.0349. The van der Waals surface area contributed by atoms with Crippen LogP contribution in [0.15, 0.2) is 0 Å². The van der Waals surface area contributed by atoms with E-state index in [2.05, 4.69) is 17.2 Å². The highest BCUT2D eigenvalue weighted by molar-refractivity contribution is 7.13. The molecule has 1 saturated carbocycles. The molecule has 1 aromatic rings. The minimum Gasteiger partial charge on any atom is -0.348 e. The number of nitrogens with one attached hydrogen (secondary N) is 1. The van der Waals surface area contributed by atoms with Crippen LogP contribution in [-0.4, -0.2) is 23.5 Å². The summed E-state index contributed by atoms with van der Waals surface area (Å²) < 4.78 is 0. The Bertz CT molecular complexity index is 458. The molecule has 1 fully saturated rings. The van der Waals surface area contributed by atoms with E-state index in [0.29, 0.717) is 12.5 Å². The highest BCUT2D eigenvalue weighted by atomic mass is 32.1. The third kappa shape index (κ3) is 3.58. The molecule has 2 rings (SSSR count). The number of nitrogens with two attached hydrogens (primary N) is 1. The molecule has 4 nitrogen and oxygen atoms in total. The van der Waals surface area contributed by atoms with Gasteiger partial charge in [0, 0.05) is 6.04 Å². The van der Waals surface area contributed by atoms with E-state index in [1.54, 1.807) is 0 Å². The number of aryl methyl sites for hydroxylation is 2. The lowest BCUT2D eigenvalue weighted by Crippen LogP contribution is -2.44. The molecule has 1 heterocycles. The van der Waals surface area contributed by atoms with Crippen LogP contribution in [0.1, 0.15) is 59.4 Å². The van der Waals surface area contributed by atoms with Crippen LogP contribution in [0.4, 0.5) is 0 Å². The van der Waals surface area contributed by atoms with Crippen molar-refractivity contribution in [1.29, 1.82) is 0 Å². The second-order valence-corrected chi connectivity index (χ2v) is 6.72. The Balaban J connectivity index is 2.03. The van der Waals surface area contributed by atoms with Gasteiger partial charge in [-0.2, -0.15) is 0 Å². The van der Waals surface area contributed by atoms with E-state index in [-0.39, 0.29) is 11.9 Å². The van der Waals surface area contributed by atoms with Crippen molar-refractivity contribution in [3.8, 4) is 0 Å². The fraction of sp³-hybridized carbons (Fsp3) is 0.733. The Hall–Kier alpha value is -0.940. The maximum absolute atomic E-state index is 12.4. The number of carbonyl (C=O) groups is 1. The van der Waals surface area contributed by atoms with Crippen molar-refractivity contribution in [1.82, 2.24) is 10.3 Å². The average molecular weight is 295 g/mol. The van der Waals surface area contributed by atoms with Gasteiger partial charge in [0.15, 0.2) is 0 Å². The van der Waals surface area contributed by atoms with Crippen LogP contribution in [0.2, 0.25) is 0 Å². The Kier molecular flexibility index (Phi) is 5.54. The summed E-state index contributed by atoms with van der Waals surface area (Å²) in [4.78, 5) is 17.7. The van der Waals surface area contributed by atoms with Gasteiger partial charge in [-0.3, -0.25) is 4.79 Å². The van der Waals surface area contributed by atoms with Gasteiger partial charge in [0.05, 0.1) is 10.7 Å². The molecule has 20 heavy (non-hydrogen) atoms. The molecule has 0 aliphatic heterocycles. The van der Waals surface area contributed by atoms with Gasteiger partial charge in [0.2, 0.25) is 0 Å². The van der Waals surface area contributed by atoms with Crippen molar-refractivity contribution in [3.05, 3.63) is 15.6 Å². The number of hydrogen-bond acceptors (Lipinski definition) is 4. The van der Waals surface area contributed by atoms with Crippen LogP contribution >= 0.6 is 11.3 Å². The first-order valence-corrected chi connectivity index (χ1v) is 8.44. The molecule has 1 amide bonds. The summed E-state index contributed by atoms with van der Waals surface area (Å²) in [5.74, 6) is 0.462. The summed E-state index contributed by atoms with van der Waals surface area (Å²) >= 11 is 1.54. The standard InChI is InChI=1S/C15H25N3OS/c1-3-6-13-17-10(2)14(20-13)15(19)18-12-8-5-4-7-11(12)9-16/h11-12H,3-9,16H2,1-2H3,(H,18,19). The number of hydrogen-bond donors (Lipinski definition) is 2. The molecular weight excluding hydrogens is 270 g/mol. The van der Waals surface area contributed by atoms with Crippen molar-refractivity contribution in [2.75, 3.05) is 6.54 Å². The van der Waals surface area contributed by atoms with Crippen LogP contribution in [0.3, 0.4) is 0 Å². The van der Waals surface area contributed by atoms with Crippen molar-refractivity contribution in [3.63, 3.8) is 0 Å². The molecule has 3 N–H and O–H groups in total. The molecule has 2 unspecified atom stereocenters. The number of rotatable bonds is 5. The maximum Gasteiger partial charge on any atom is 0.263 e. The van der Waals surface area contributed by atoms with E-state index in [9.17, 15) is 4.79 Å². The van der Waals surface area contributed by atoms with E-state index >= 15 is 0 Å². The van der Waals surface area contributed by atoms with Gasteiger partial charge < -0.3 is 11.1 Å². The lowest BCUT2D eigenvalue weighted by Gasteiger charge is -2.31. The maximum atomic E-state index is 12.4. The zero-order chi connectivity index (χ0) is 14.5. The third-order valence-electron chi connectivity index (χ3n) is 4.04. The number of carbonyl (C=O) groups excluding carboxylic acids is 1. The first-order chi connectivity index (χ1) is 9.65. The zero-order valence-electron chi connectivity index (χ0n) is 12.4. The summed E-state index contributed by atoms with van der Waals surface area (Å²) in [5, 5.41) is 4.25. The SMILES string of the molecule is CCCc1nc(C)c(C(=O)NC2CCCCC2CN)s1. The highest BCUT2D eigenvalue weighted by Crippen LogP contribution is 2.25. The molecule has 5 heteroatoms. The van der Waals surface area contributed by atoms with Crippen LogP contribution in [0.25, 0.3) is 0 Å². The lowest BCUT2D eigenvalue weighted by molar-refractivity contribution is 0.0911. The van der Waals surface area contributed by atoms with Crippen molar-refractivity contribution < 1.29 is 4.79 Å². The largest absolute Gasteiger partial charge is 0.348 e. The Morgan fingerprint density at radius 1 is 1.45 bits per heavy atom. The number of thiazole rings is 1. The topological polar surface area (TPSA) is 68.0 Å². The Labute approximate surface area is 125 Å². The van der Waals surface area contributed by atoms with E-state index in [1.165, 1.54) is 24.2 Å². The molecule has 1 aliphatic carbocycles. The highest BCUT2D eigenvalue weighted by Gasteiger charge is 2.26. The van der Waals surface area contributed by atoms with Crippen molar-refractivity contribution in [2.24, 2.45) is 11.7 Å². The predicted molar refractivity (Wildman–Crippen MR) is 83.1 cm³/mol. The third-order valence-corrected chi connectivity index (χ3v) is 5.26. The van der Waals surface area contributed by atoms with Gasteiger partial charge in [0.25, 0.3) is 5.91 Å². The number of nitrogens with zero attached hydrogens (tertiary/aromatic N) is 1. The zero-order valence-corrected chi connectivity index (χ0v) is 13.3. The summed E-state index contributed by atoms with van der Waals surface area (Å²) in [6, 6.07) is 0.234. The molecule has 0 radical (unpaired) electrons. The molecule has 1 aromatic heterocycles. The number of amides is 1. The van der Waals surface area contributed by atoms with Gasteiger partial charge in [-0.1, -0.05) is 19.8 Å². The molecule has 0 bridgehead atoms. The monoisotopic (exact) mass is 295 g/mol. The van der Waals surface area contributed by atoms with Crippen LogP contribution in [0, 0.1) is 12.8 Å². The van der Waals surface area contributed by atoms with E-state index in [4.69, 9.17) is 5.73 Å². The van der Waals surface area contributed by atoms with Crippen LogP contribution in [-0.2, 0) is 6.42 Å². The van der Waals surface area contributed by atoms with Gasteiger partial charge >= 0.3 is 0 Å². The predicted octanol–water partition coefficient (Wildman–Crippen LogP) is 2.65. The van der Waals surface area contributed by atoms with Gasteiger partial charge in [-0.05, 0) is 45.1 Å². The van der Waals surface area contributed by atoms with Crippen LogP contribution < -0.4 is 11.1 Å². The minimum absolute atomic E-state index is 0.0349. The Morgan fingerprint density at radius 2 is 2.20 bits per heavy atom. The summed E-state index contributed by atoms with van der Waals surface area (Å²) in [7, 11) is 0. The van der Waals surface area contributed by atoms with E-state index in [0.717, 1.165) is 41.3 Å². The summed E-state index contributed by atoms with van der Waals surface area (Å²) in [6.07, 6.45) is 6.61. The first kappa shape index (κ1) is 15.4. The molecule has 2 atom stereocenters. The average Bonchev–Trinajstić information content (AvgIpc) is 2.81. The van der Waals surface area contributed by atoms with Crippen molar-refractivity contribution in [2.45, 2.75) is 58.4 Å². The van der Waals surface area contributed by atoms with Gasteiger partial charge in [-0.25, -0.2) is 4.98 Å². The quantitative estimate of drug-likeness (QED) is 0.877. The summed E-state index contributed by atoms with van der Waals surface area (Å²) in [5.41, 5.74) is 6.68. The van der Waals surface area contributed by atoms with E-state index < -0.39 is 0 Å². The second kappa shape index (κ2) is 7.18. The lowest BCUT2D eigenvalue weighted by atomic mass is 9.84. The van der Waals surface area contributed by atoms with Crippen molar-refractivity contribution >= 4 is 17.2 Å². The molecule has 112 valence electrons. The molecular formula is C15H25N3OS. The smallest absolute Gasteiger partial charge is 0.263 e. The Morgan fingerprint density at radius 3 is 2.90 bits per heavy atom. The van der Waals surface area contributed by atoms with Gasteiger partial charge in [-0.15, -0.1) is 11.3 Å². The van der Waals surface area contributed by atoms with Gasteiger partial charge in [0.1, 0.15) is 4.88 Å². The normalized spacial score (nSPS) is 22.8. The first-order valence-electron chi connectivity index (χ1n) is 7.63. The fourth-order valence-corrected chi connectivity index (χ4v) is 3.97. The molecule has 0 spiro atoms. The van der Waals surface area contributed by atoms with E-state index in [1.807, 2.05) is 6.92 Å².